The summed E-state index contributed by atoms with van der Waals surface area (Å²) in [7, 11) is -3.13. The molecule has 0 aromatic heterocycles. The van der Waals surface area contributed by atoms with Gasteiger partial charge in [0.1, 0.15) is 0 Å². The lowest BCUT2D eigenvalue weighted by atomic mass is 9.83. The Morgan fingerprint density at radius 2 is 2.07 bits per heavy atom. The predicted molar refractivity (Wildman–Crippen MR) is 54.8 cm³/mol. The number of rotatable bonds is 0. The topological polar surface area (TPSA) is 51.2 Å². The largest absolute Gasteiger partial charge is 0.294 e. The molecule has 0 N–H and O–H groups in total. The van der Waals surface area contributed by atoms with Gasteiger partial charge in [-0.15, -0.1) is 0 Å². The van der Waals surface area contributed by atoms with Crippen LogP contribution in [-0.4, -0.2) is 20.0 Å². The molecule has 2 aliphatic rings. The van der Waals surface area contributed by atoms with Crippen molar-refractivity contribution < 1.29 is 13.2 Å². The van der Waals surface area contributed by atoms with Crippen LogP contribution < -0.4 is 0 Å². The van der Waals surface area contributed by atoms with E-state index >= 15 is 0 Å². The fourth-order valence-electron chi connectivity index (χ4n) is 2.59. The fraction of sp³-hybridized carbons (Fsp3) is 0.364. The minimum atomic E-state index is -3.13. The SMILES string of the molecule is O=C1CCC2CS(=O)(=O)c3cccc1c32. The molecule has 15 heavy (non-hydrogen) atoms. The predicted octanol–water partition coefficient (Wildman–Crippen LogP) is 1.53. The van der Waals surface area contributed by atoms with Gasteiger partial charge in [0.15, 0.2) is 15.6 Å². The Labute approximate surface area is 88.0 Å². The molecule has 0 saturated heterocycles. The van der Waals surface area contributed by atoms with Crippen LogP contribution in [0, 0.1) is 0 Å². The third-order valence-electron chi connectivity index (χ3n) is 3.25. The summed E-state index contributed by atoms with van der Waals surface area (Å²) in [4.78, 5) is 12.0. The number of carbonyl (C=O) groups excluding carboxylic acids is 1. The first-order valence-electron chi connectivity index (χ1n) is 4.98. The quantitative estimate of drug-likeness (QED) is 0.669. The van der Waals surface area contributed by atoms with Crippen molar-refractivity contribution in [3.05, 3.63) is 29.3 Å². The second-order valence-corrected chi connectivity index (χ2v) is 6.16. The lowest BCUT2D eigenvalue weighted by molar-refractivity contribution is 0.0968. The third kappa shape index (κ3) is 1.11. The van der Waals surface area contributed by atoms with E-state index in [4.69, 9.17) is 0 Å². The van der Waals surface area contributed by atoms with Crippen molar-refractivity contribution in [2.24, 2.45) is 0 Å². The minimum Gasteiger partial charge on any atom is -0.294 e. The molecule has 78 valence electrons. The van der Waals surface area contributed by atoms with Crippen LogP contribution in [0.2, 0.25) is 0 Å². The molecule has 1 unspecified atom stereocenters. The van der Waals surface area contributed by atoms with Gasteiger partial charge in [-0.1, -0.05) is 12.1 Å². The average molecular weight is 222 g/mol. The number of Topliss-reactive ketones (excluding diaryl/α,β-unsaturated/α-hetero) is 1. The first-order valence-corrected chi connectivity index (χ1v) is 6.64. The van der Waals surface area contributed by atoms with Gasteiger partial charge in [0.25, 0.3) is 0 Å². The highest BCUT2D eigenvalue weighted by Gasteiger charge is 2.39. The lowest BCUT2D eigenvalue weighted by Gasteiger charge is -2.18. The van der Waals surface area contributed by atoms with E-state index in [-0.39, 0.29) is 17.5 Å². The van der Waals surface area contributed by atoms with Crippen molar-refractivity contribution in [3.8, 4) is 0 Å². The van der Waals surface area contributed by atoms with Crippen molar-refractivity contribution in [1.82, 2.24) is 0 Å². The fourth-order valence-corrected chi connectivity index (χ4v) is 4.53. The first kappa shape index (κ1) is 9.09. The molecule has 0 bridgehead atoms. The van der Waals surface area contributed by atoms with Crippen molar-refractivity contribution in [2.45, 2.75) is 23.7 Å². The number of hydrogen-bond donors (Lipinski definition) is 0. The molecule has 1 heterocycles. The monoisotopic (exact) mass is 222 g/mol. The molecular formula is C11H10O3S. The summed E-state index contributed by atoms with van der Waals surface area (Å²) < 4.78 is 23.6. The summed E-state index contributed by atoms with van der Waals surface area (Å²) in [6.45, 7) is 0. The Morgan fingerprint density at radius 3 is 2.87 bits per heavy atom. The molecular weight excluding hydrogens is 212 g/mol. The smallest absolute Gasteiger partial charge is 0.179 e. The Balaban J connectivity index is 2.39. The Kier molecular flexibility index (Phi) is 1.63. The van der Waals surface area contributed by atoms with Gasteiger partial charge >= 0.3 is 0 Å². The normalized spacial score (nSPS) is 26.4. The average Bonchev–Trinajstić information content (AvgIpc) is 2.47. The molecule has 1 aromatic carbocycles. The summed E-state index contributed by atoms with van der Waals surface area (Å²) in [6, 6.07) is 5.03. The van der Waals surface area contributed by atoms with E-state index in [1.807, 2.05) is 0 Å². The van der Waals surface area contributed by atoms with Crippen LogP contribution in [-0.2, 0) is 9.84 Å². The van der Waals surface area contributed by atoms with Gasteiger partial charge in [0.2, 0.25) is 0 Å². The molecule has 3 nitrogen and oxygen atoms in total. The number of carbonyl (C=O) groups is 1. The second kappa shape index (κ2) is 2.70. The molecule has 1 atom stereocenters. The summed E-state index contributed by atoms with van der Waals surface area (Å²) in [5, 5.41) is 0. The summed E-state index contributed by atoms with van der Waals surface area (Å²) in [5.41, 5.74) is 1.42. The van der Waals surface area contributed by atoms with E-state index in [2.05, 4.69) is 0 Å². The molecule has 1 aliphatic heterocycles. The van der Waals surface area contributed by atoms with Gasteiger partial charge < -0.3 is 0 Å². The van der Waals surface area contributed by atoms with Crippen molar-refractivity contribution in [1.29, 1.82) is 0 Å². The van der Waals surface area contributed by atoms with Gasteiger partial charge in [-0.3, -0.25) is 4.79 Å². The number of sulfone groups is 1. The standard InChI is InChI=1S/C11H10O3S/c12-9-5-4-7-6-15(13,14)10-3-1-2-8(9)11(7)10/h1-3,7H,4-6H2. The zero-order chi connectivity index (χ0) is 10.6. The third-order valence-corrected chi connectivity index (χ3v) is 5.12. The van der Waals surface area contributed by atoms with Gasteiger partial charge in [0.05, 0.1) is 10.6 Å². The molecule has 4 heteroatoms. The van der Waals surface area contributed by atoms with Gasteiger partial charge in [-0.05, 0) is 18.1 Å². The zero-order valence-electron chi connectivity index (χ0n) is 8.06. The van der Waals surface area contributed by atoms with Gasteiger partial charge in [0, 0.05) is 17.9 Å². The summed E-state index contributed by atoms with van der Waals surface area (Å²) in [6.07, 6.45) is 1.17. The van der Waals surface area contributed by atoms with E-state index in [1.54, 1.807) is 18.2 Å². The molecule has 3 rings (SSSR count). The number of benzene rings is 1. The lowest BCUT2D eigenvalue weighted by Crippen LogP contribution is -2.14. The highest BCUT2D eigenvalue weighted by molar-refractivity contribution is 7.91. The molecule has 0 amide bonds. The van der Waals surface area contributed by atoms with Crippen molar-refractivity contribution in [2.75, 3.05) is 5.75 Å². The zero-order valence-corrected chi connectivity index (χ0v) is 8.88. The molecule has 0 saturated carbocycles. The van der Waals surface area contributed by atoms with Crippen LogP contribution in [0.15, 0.2) is 23.1 Å². The molecule has 0 radical (unpaired) electrons. The first-order chi connectivity index (χ1) is 7.09. The van der Waals surface area contributed by atoms with E-state index < -0.39 is 9.84 Å². The molecule has 0 fully saturated rings. The number of ketones is 1. The van der Waals surface area contributed by atoms with E-state index in [1.165, 1.54) is 0 Å². The molecule has 1 aliphatic carbocycles. The van der Waals surface area contributed by atoms with Crippen LogP contribution in [0.1, 0.15) is 34.7 Å². The van der Waals surface area contributed by atoms with E-state index in [9.17, 15) is 13.2 Å². The second-order valence-electron chi connectivity index (χ2n) is 4.16. The van der Waals surface area contributed by atoms with Crippen LogP contribution >= 0.6 is 0 Å². The van der Waals surface area contributed by atoms with Crippen LogP contribution in [0.5, 0.6) is 0 Å². The maximum absolute atomic E-state index is 11.8. The molecule has 0 spiro atoms. The Bertz CT molecular complexity index is 557. The highest BCUT2D eigenvalue weighted by atomic mass is 32.2. The van der Waals surface area contributed by atoms with E-state index in [0.29, 0.717) is 23.3 Å². The minimum absolute atomic E-state index is 0.0545. The Hall–Kier alpha value is -1.16. The van der Waals surface area contributed by atoms with Crippen LogP contribution in [0.25, 0.3) is 0 Å². The van der Waals surface area contributed by atoms with Crippen LogP contribution in [0.3, 0.4) is 0 Å². The van der Waals surface area contributed by atoms with Gasteiger partial charge in [-0.25, -0.2) is 8.42 Å². The summed E-state index contributed by atoms with van der Waals surface area (Å²) >= 11 is 0. The molecule has 1 aromatic rings. The van der Waals surface area contributed by atoms with Gasteiger partial charge in [-0.2, -0.15) is 0 Å². The maximum Gasteiger partial charge on any atom is 0.179 e. The van der Waals surface area contributed by atoms with Crippen LogP contribution in [0.4, 0.5) is 0 Å². The highest BCUT2D eigenvalue weighted by Crippen LogP contribution is 2.43. The van der Waals surface area contributed by atoms with E-state index in [0.717, 1.165) is 5.56 Å². The van der Waals surface area contributed by atoms with Crippen molar-refractivity contribution in [3.63, 3.8) is 0 Å². The number of hydrogen-bond acceptors (Lipinski definition) is 3. The maximum atomic E-state index is 11.8. The Morgan fingerprint density at radius 1 is 1.27 bits per heavy atom. The summed E-state index contributed by atoms with van der Waals surface area (Å²) in [5.74, 6) is 0.325. The van der Waals surface area contributed by atoms with Crippen molar-refractivity contribution >= 4 is 15.6 Å².